The van der Waals surface area contributed by atoms with Crippen molar-refractivity contribution in [2.24, 2.45) is 5.73 Å². The average molecular weight is 405 g/mol. The van der Waals surface area contributed by atoms with E-state index in [1.165, 1.54) is 11.3 Å². The topological polar surface area (TPSA) is 85.3 Å². The maximum atomic E-state index is 14.2. The van der Waals surface area contributed by atoms with Gasteiger partial charge in [-0.1, -0.05) is 6.92 Å². The number of nitrogens with zero attached hydrogens (tertiary/aromatic N) is 3. The van der Waals surface area contributed by atoms with Gasteiger partial charge in [0.25, 0.3) is 11.8 Å². The van der Waals surface area contributed by atoms with Gasteiger partial charge in [-0.2, -0.15) is 5.10 Å². The largest absolute Gasteiger partial charge is 0.341 e. The molecule has 6 nitrogen and oxygen atoms in total. The number of fused-ring (bicyclic) bond motifs is 1. The molecule has 4 rings (SSSR count). The molecule has 2 atom stereocenters. The lowest BCUT2D eigenvalue weighted by Gasteiger charge is -2.36. The van der Waals surface area contributed by atoms with Crippen LogP contribution in [0.5, 0.6) is 0 Å². The van der Waals surface area contributed by atoms with Gasteiger partial charge in [0.15, 0.2) is 5.65 Å². The van der Waals surface area contributed by atoms with Crippen LogP contribution in [-0.4, -0.2) is 38.5 Å². The number of thiophene rings is 1. The molecule has 148 valence electrons. The summed E-state index contributed by atoms with van der Waals surface area (Å²) in [5, 5.41) is 6.79. The Morgan fingerprint density at radius 3 is 3.07 bits per heavy atom. The van der Waals surface area contributed by atoms with Crippen LogP contribution in [0, 0.1) is 0 Å². The molecule has 28 heavy (non-hydrogen) atoms. The summed E-state index contributed by atoms with van der Waals surface area (Å²) in [7, 11) is 0. The fraction of sp³-hybridized carbons (Fsp3) is 0.421. The minimum atomic E-state index is -2.99. The summed E-state index contributed by atoms with van der Waals surface area (Å²) in [4.78, 5) is 18.4. The number of aromatic nitrogens is 3. The van der Waals surface area contributed by atoms with Crippen LogP contribution in [0.3, 0.4) is 0 Å². The Hall–Kier alpha value is -2.39. The molecule has 3 heterocycles. The Labute approximate surface area is 164 Å². The summed E-state index contributed by atoms with van der Waals surface area (Å²) in [5.41, 5.74) is 8.17. The fourth-order valence-electron chi connectivity index (χ4n) is 3.67. The second-order valence-corrected chi connectivity index (χ2v) is 8.14. The second kappa shape index (κ2) is 7.21. The molecule has 3 aromatic rings. The molecule has 1 unspecified atom stereocenters. The van der Waals surface area contributed by atoms with Crippen molar-refractivity contribution in [1.82, 2.24) is 19.9 Å². The zero-order chi connectivity index (χ0) is 19.9. The van der Waals surface area contributed by atoms with Crippen molar-refractivity contribution in [1.29, 1.82) is 0 Å². The first-order valence-corrected chi connectivity index (χ1v) is 10.1. The first-order chi connectivity index (χ1) is 13.4. The molecule has 0 saturated heterocycles. The van der Waals surface area contributed by atoms with E-state index in [0.29, 0.717) is 29.8 Å². The van der Waals surface area contributed by atoms with E-state index in [9.17, 15) is 13.6 Å². The number of amides is 1. The smallest absolute Gasteiger partial charge is 0.269 e. The normalized spacial score (nSPS) is 21.7. The van der Waals surface area contributed by atoms with Gasteiger partial charge in [0, 0.05) is 29.1 Å². The van der Waals surface area contributed by atoms with Crippen LogP contribution in [0.4, 0.5) is 8.78 Å². The van der Waals surface area contributed by atoms with Gasteiger partial charge in [-0.3, -0.25) is 4.79 Å². The van der Waals surface area contributed by atoms with E-state index in [2.05, 4.69) is 15.4 Å². The lowest BCUT2D eigenvalue weighted by Crippen LogP contribution is -2.59. The van der Waals surface area contributed by atoms with Crippen molar-refractivity contribution in [3.8, 4) is 11.3 Å². The Kier molecular flexibility index (Phi) is 4.88. The Morgan fingerprint density at radius 1 is 1.50 bits per heavy atom. The SMILES string of the molecule is CCc1sc(C(=O)NC2[C@@H](N)CCCC2(F)F)cc1-c1cnc2cccnn12. The van der Waals surface area contributed by atoms with Crippen molar-refractivity contribution in [3.63, 3.8) is 0 Å². The van der Waals surface area contributed by atoms with Crippen LogP contribution in [-0.2, 0) is 6.42 Å². The van der Waals surface area contributed by atoms with Gasteiger partial charge < -0.3 is 11.1 Å². The zero-order valence-corrected chi connectivity index (χ0v) is 16.2. The van der Waals surface area contributed by atoms with E-state index in [1.807, 2.05) is 13.0 Å². The number of hydrogen-bond donors (Lipinski definition) is 2. The van der Waals surface area contributed by atoms with Crippen molar-refractivity contribution in [2.45, 2.75) is 50.6 Å². The number of aryl methyl sites for hydroxylation is 1. The van der Waals surface area contributed by atoms with Crippen LogP contribution in [0.15, 0.2) is 30.6 Å². The number of hydrogen-bond acceptors (Lipinski definition) is 5. The third kappa shape index (κ3) is 3.29. The van der Waals surface area contributed by atoms with Crippen molar-refractivity contribution < 1.29 is 13.6 Å². The molecule has 1 amide bonds. The minimum Gasteiger partial charge on any atom is -0.341 e. The first kappa shape index (κ1) is 18.9. The van der Waals surface area contributed by atoms with Crippen LogP contribution in [0.1, 0.15) is 40.7 Å². The number of alkyl halides is 2. The molecule has 1 saturated carbocycles. The summed E-state index contributed by atoms with van der Waals surface area (Å²) in [6.07, 6.45) is 4.66. The number of rotatable bonds is 4. The van der Waals surface area contributed by atoms with Crippen LogP contribution in [0.25, 0.3) is 16.9 Å². The van der Waals surface area contributed by atoms with Gasteiger partial charge in [0.05, 0.1) is 16.8 Å². The standard InChI is InChI=1S/C19H21F2N5OS/c1-2-14-11(13-10-23-16-6-4-8-24-26(13)16)9-15(28-14)18(27)25-17-12(22)5-3-7-19(17,20)21/h4,6,8-10,12,17H,2-3,5,7,22H2,1H3,(H,25,27)/t12-,17?/m0/s1. The molecule has 1 aliphatic rings. The van der Waals surface area contributed by atoms with Crippen LogP contribution in [0.2, 0.25) is 0 Å². The van der Waals surface area contributed by atoms with Gasteiger partial charge in [-0.15, -0.1) is 11.3 Å². The van der Waals surface area contributed by atoms with E-state index in [0.717, 1.165) is 16.1 Å². The number of carbonyl (C=O) groups excluding carboxylic acids is 1. The summed E-state index contributed by atoms with van der Waals surface area (Å²) in [6.45, 7) is 1.98. The Bertz CT molecular complexity index is 1010. The summed E-state index contributed by atoms with van der Waals surface area (Å²) in [5.74, 6) is -3.51. The van der Waals surface area contributed by atoms with Crippen molar-refractivity contribution in [2.75, 3.05) is 0 Å². The first-order valence-electron chi connectivity index (χ1n) is 9.27. The number of nitrogens with one attached hydrogen (secondary N) is 1. The monoisotopic (exact) mass is 405 g/mol. The van der Waals surface area contributed by atoms with Gasteiger partial charge in [-0.25, -0.2) is 18.3 Å². The second-order valence-electron chi connectivity index (χ2n) is 7.01. The maximum Gasteiger partial charge on any atom is 0.269 e. The molecule has 0 spiro atoms. The van der Waals surface area contributed by atoms with E-state index in [-0.39, 0.29) is 6.42 Å². The molecular formula is C19H21F2N5OS. The van der Waals surface area contributed by atoms with Crippen molar-refractivity contribution in [3.05, 3.63) is 40.3 Å². The molecule has 3 N–H and O–H groups in total. The number of carbonyl (C=O) groups is 1. The third-order valence-corrected chi connectivity index (χ3v) is 6.40. The summed E-state index contributed by atoms with van der Waals surface area (Å²) < 4.78 is 30.2. The van der Waals surface area contributed by atoms with E-state index < -0.39 is 23.9 Å². The van der Waals surface area contributed by atoms with E-state index in [4.69, 9.17) is 5.73 Å². The molecular weight excluding hydrogens is 384 g/mol. The molecule has 0 aromatic carbocycles. The Balaban J connectivity index is 1.65. The quantitative estimate of drug-likeness (QED) is 0.698. The number of imidazole rings is 1. The lowest BCUT2D eigenvalue weighted by molar-refractivity contribution is -0.0674. The lowest BCUT2D eigenvalue weighted by atomic mass is 9.87. The van der Waals surface area contributed by atoms with Crippen LogP contribution >= 0.6 is 11.3 Å². The Morgan fingerprint density at radius 2 is 2.32 bits per heavy atom. The molecule has 0 bridgehead atoms. The number of halogens is 2. The predicted molar refractivity (Wildman–Crippen MR) is 104 cm³/mol. The maximum absolute atomic E-state index is 14.2. The van der Waals surface area contributed by atoms with Gasteiger partial charge in [0.1, 0.15) is 6.04 Å². The predicted octanol–water partition coefficient (Wildman–Crippen LogP) is 3.27. The minimum absolute atomic E-state index is 0.255. The average Bonchev–Trinajstić information content (AvgIpc) is 3.28. The van der Waals surface area contributed by atoms with E-state index in [1.54, 1.807) is 29.0 Å². The van der Waals surface area contributed by atoms with Crippen LogP contribution < -0.4 is 11.1 Å². The van der Waals surface area contributed by atoms with Gasteiger partial charge in [0.2, 0.25) is 0 Å². The summed E-state index contributed by atoms with van der Waals surface area (Å²) in [6, 6.07) is 3.27. The highest BCUT2D eigenvalue weighted by atomic mass is 32.1. The van der Waals surface area contributed by atoms with Gasteiger partial charge >= 0.3 is 0 Å². The molecule has 9 heteroatoms. The highest BCUT2D eigenvalue weighted by Gasteiger charge is 2.46. The molecule has 0 radical (unpaired) electrons. The molecule has 1 fully saturated rings. The zero-order valence-electron chi connectivity index (χ0n) is 15.4. The summed E-state index contributed by atoms with van der Waals surface area (Å²) >= 11 is 1.30. The van der Waals surface area contributed by atoms with Crippen molar-refractivity contribution >= 4 is 22.9 Å². The number of nitrogens with two attached hydrogens (primary N) is 1. The van der Waals surface area contributed by atoms with Gasteiger partial charge in [-0.05, 0) is 37.5 Å². The highest BCUT2D eigenvalue weighted by Crippen LogP contribution is 2.35. The highest BCUT2D eigenvalue weighted by molar-refractivity contribution is 7.14. The fourth-order valence-corrected chi connectivity index (χ4v) is 4.68. The van der Waals surface area contributed by atoms with E-state index >= 15 is 0 Å². The molecule has 3 aromatic heterocycles. The third-order valence-electron chi connectivity index (χ3n) is 5.12. The molecule has 1 aliphatic carbocycles. The molecule has 0 aliphatic heterocycles.